The summed E-state index contributed by atoms with van der Waals surface area (Å²) in [5, 5.41) is 6.45. The number of aryl methyl sites for hydroxylation is 2. The molecule has 8 rings (SSSR count). The van der Waals surface area contributed by atoms with E-state index in [2.05, 4.69) is 179 Å². The fourth-order valence-corrected chi connectivity index (χ4v) is 7.23. The standard InChI is InChI=1S/C44H40N4O.Pt/c1-29-14-12-15-30(2)42(29)31-24-25-45-41(26-31)46-37-19-9-8-18-35(37)36-23-22-33(28-40(36)46)44(6,7)32-16-13-17-34(27-32)47-38-20-10-11-21-39(38)48(49-47)43(3,4)5;/h8-26H,1-7H3;/q-2;/p+1. The van der Waals surface area contributed by atoms with Crippen molar-refractivity contribution in [2.75, 3.05) is 10.1 Å². The molecule has 0 amide bonds. The molecule has 0 saturated carbocycles. The first-order valence-corrected chi connectivity index (χ1v) is 16.9. The van der Waals surface area contributed by atoms with E-state index in [0.29, 0.717) is 0 Å². The first kappa shape index (κ1) is 33.8. The summed E-state index contributed by atoms with van der Waals surface area (Å²) in [6, 6.07) is 46.2. The zero-order valence-electron chi connectivity index (χ0n) is 29.5. The first-order chi connectivity index (χ1) is 23.5. The van der Waals surface area contributed by atoms with Crippen LogP contribution in [0.1, 0.15) is 56.9 Å². The molecule has 0 atom stereocenters. The number of anilines is 3. The van der Waals surface area contributed by atoms with Gasteiger partial charge in [0.05, 0.1) is 0 Å². The van der Waals surface area contributed by atoms with Crippen LogP contribution in [0.5, 0.6) is 0 Å². The number of fused-ring (bicyclic) bond motifs is 4. The summed E-state index contributed by atoms with van der Waals surface area (Å²) in [6.45, 7) is 15.4. The average molecular weight is 837 g/mol. The van der Waals surface area contributed by atoms with E-state index in [9.17, 15) is 0 Å². The van der Waals surface area contributed by atoms with Gasteiger partial charge in [-0.15, -0.1) is 27.6 Å². The van der Waals surface area contributed by atoms with Crippen LogP contribution >= 0.6 is 0 Å². The molecule has 1 aliphatic rings. The van der Waals surface area contributed by atoms with Crippen molar-refractivity contribution in [2.45, 2.75) is 59.4 Å². The van der Waals surface area contributed by atoms with Gasteiger partial charge in [0.15, 0.2) is 0 Å². The van der Waals surface area contributed by atoms with E-state index in [4.69, 9.17) is 9.92 Å². The van der Waals surface area contributed by atoms with Crippen molar-refractivity contribution in [3.63, 3.8) is 0 Å². The third-order valence-corrected chi connectivity index (χ3v) is 9.83. The SMILES string of the molecule is Cc1cccc(C)c1-c1ccnc(-n2c3[c-]c(C(C)(C)c4[c-]c(N5[OH+]N(C(C)(C)C)c6ccccc65)ccc4)ccc3c3ccccc32)c1.[Pt]. The molecule has 50 heavy (non-hydrogen) atoms. The van der Waals surface area contributed by atoms with Crippen molar-refractivity contribution in [2.24, 2.45) is 0 Å². The molecule has 2 aromatic heterocycles. The van der Waals surface area contributed by atoms with E-state index in [-0.39, 0.29) is 26.6 Å². The van der Waals surface area contributed by atoms with Crippen molar-refractivity contribution in [3.05, 3.63) is 150 Å². The van der Waals surface area contributed by atoms with Crippen LogP contribution in [0.3, 0.4) is 0 Å². The molecule has 0 bridgehead atoms. The summed E-state index contributed by atoms with van der Waals surface area (Å²) in [6.07, 6.45) is 1.92. The Morgan fingerprint density at radius 3 is 2.10 bits per heavy atom. The van der Waals surface area contributed by atoms with E-state index >= 15 is 0 Å². The number of nitrogens with zero attached hydrogens (tertiary/aromatic N) is 4. The molecule has 6 heteroatoms. The van der Waals surface area contributed by atoms with Crippen molar-refractivity contribution in [1.29, 1.82) is 0 Å². The molecule has 5 aromatic carbocycles. The number of rotatable bonds is 5. The topological polar surface area (TPSA) is 37.1 Å². The molecule has 0 radical (unpaired) electrons. The molecule has 3 heterocycles. The molecule has 7 aromatic rings. The molecule has 254 valence electrons. The Morgan fingerprint density at radius 2 is 1.34 bits per heavy atom. The van der Waals surface area contributed by atoms with Gasteiger partial charge in [-0.2, -0.15) is 46.4 Å². The Morgan fingerprint density at radius 1 is 0.660 bits per heavy atom. The van der Waals surface area contributed by atoms with E-state index in [1.165, 1.54) is 22.1 Å². The number of hydrogen-bond acceptors (Lipinski definition) is 3. The maximum absolute atomic E-state index is 5.06. The third kappa shape index (κ3) is 5.54. The van der Waals surface area contributed by atoms with Crippen molar-refractivity contribution < 1.29 is 26.0 Å². The van der Waals surface area contributed by atoms with Gasteiger partial charge < -0.3 is 4.57 Å². The van der Waals surface area contributed by atoms with E-state index in [0.717, 1.165) is 56.0 Å². The Labute approximate surface area is 309 Å². The predicted octanol–water partition coefficient (Wildman–Crippen LogP) is 11.0. The molecule has 0 aliphatic carbocycles. The number of pyridine rings is 1. The summed E-state index contributed by atoms with van der Waals surface area (Å²) < 4.78 is 2.27. The fourth-order valence-electron chi connectivity index (χ4n) is 7.23. The van der Waals surface area contributed by atoms with E-state index in [1.54, 1.807) is 0 Å². The Hall–Kier alpha value is -4.70. The second-order valence-corrected chi connectivity index (χ2v) is 14.6. The van der Waals surface area contributed by atoms with Crippen molar-refractivity contribution >= 4 is 38.9 Å². The molecule has 0 unspecified atom stereocenters. The van der Waals surface area contributed by atoms with Crippen LogP contribution in [0.2, 0.25) is 0 Å². The molecule has 1 aliphatic heterocycles. The first-order valence-electron chi connectivity index (χ1n) is 16.9. The zero-order valence-corrected chi connectivity index (χ0v) is 31.8. The number of para-hydroxylation sites is 3. The van der Waals surface area contributed by atoms with Crippen molar-refractivity contribution in [1.82, 2.24) is 9.55 Å². The monoisotopic (exact) mass is 836 g/mol. The third-order valence-electron chi connectivity index (χ3n) is 9.83. The summed E-state index contributed by atoms with van der Waals surface area (Å²) in [7, 11) is 0. The van der Waals surface area contributed by atoms with Gasteiger partial charge in [0.25, 0.3) is 0 Å². The molecular weight excluding hydrogens is 796 g/mol. The average Bonchev–Trinajstić information content (AvgIpc) is 3.65. The quantitative estimate of drug-likeness (QED) is 0.128. The molecule has 0 fully saturated rings. The van der Waals surface area contributed by atoms with E-state index in [1.807, 2.05) is 11.3 Å². The number of benzene rings is 5. The molecule has 0 spiro atoms. The number of hydroxylamine groups is 1. The van der Waals surface area contributed by atoms with Crippen LogP contribution in [0.15, 0.2) is 115 Å². The van der Waals surface area contributed by atoms with Crippen LogP contribution in [-0.4, -0.2) is 20.0 Å². The van der Waals surface area contributed by atoms with Crippen LogP contribution in [0.4, 0.5) is 17.1 Å². The van der Waals surface area contributed by atoms with Gasteiger partial charge in [-0.1, -0.05) is 67.9 Å². The second-order valence-electron chi connectivity index (χ2n) is 14.6. The van der Waals surface area contributed by atoms with Gasteiger partial charge in [0.1, 0.15) is 22.7 Å². The number of hydrogen-bond donors (Lipinski definition) is 0. The van der Waals surface area contributed by atoms with Crippen LogP contribution in [0, 0.1) is 26.0 Å². The smallest absolute Gasteiger partial charge is 0.145 e. The summed E-state index contributed by atoms with van der Waals surface area (Å²) >= 11 is 0. The maximum Gasteiger partial charge on any atom is 0.145 e. The summed E-state index contributed by atoms with van der Waals surface area (Å²) in [5.74, 6) is 0.879. The largest absolute Gasteiger partial charge is 0.319 e. The van der Waals surface area contributed by atoms with Gasteiger partial charge in [-0.3, -0.25) is 0 Å². The Kier molecular flexibility index (Phi) is 8.49. The van der Waals surface area contributed by atoms with Crippen LogP contribution < -0.4 is 10.1 Å². The number of aromatic nitrogens is 2. The van der Waals surface area contributed by atoms with Gasteiger partial charge in [0, 0.05) is 38.5 Å². The van der Waals surface area contributed by atoms with Gasteiger partial charge in [0.2, 0.25) is 0 Å². The normalized spacial score (nSPS) is 13.2. The minimum atomic E-state index is -0.401. The molecule has 1 N–H and O–H groups in total. The Bertz CT molecular complexity index is 2360. The van der Waals surface area contributed by atoms with Crippen LogP contribution in [0.25, 0.3) is 38.8 Å². The van der Waals surface area contributed by atoms with Crippen LogP contribution in [-0.2, 0) is 26.5 Å². The zero-order chi connectivity index (χ0) is 34.1. The van der Waals surface area contributed by atoms with Crippen molar-refractivity contribution in [3.8, 4) is 16.9 Å². The van der Waals surface area contributed by atoms with E-state index < -0.39 is 5.41 Å². The summed E-state index contributed by atoms with van der Waals surface area (Å²) in [5.41, 5.74) is 11.7. The molecule has 5 nitrogen and oxygen atoms in total. The van der Waals surface area contributed by atoms with Gasteiger partial charge in [-0.05, 0) is 98.0 Å². The Balaban J connectivity index is 0.00000392. The second kappa shape index (κ2) is 12.6. The predicted molar refractivity (Wildman–Crippen MR) is 202 cm³/mol. The summed E-state index contributed by atoms with van der Waals surface area (Å²) in [4.78, 5) is 9.99. The molecule has 0 saturated heterocycles. The minimum absolute atomic E-state index is 0. The maximum atomic E-state index is 5.06. The van der Waals surface area contributed by atoms with Gasteiger partial charge >= 0.3 is 0 Å². The van der Waals surface area contributed by atoms with Gasteiger partial charge in [-0.25, -0.2) is 4.98 Å². The molecular formula is C44H41N4OPt-. The fraction of sp³-hybridized carbons (Fsp3) is 0.205. The minimum Gasteiger partial charge on any atom is -0.319 e.